The molecule has 0 aliphatic rings. The van der Waals surface area contributed by atoms with Gasteiger partial charge in [-0.3, -0.25) is 4.79 Å². The van der Waals surface area contributed by atoms with E-state index in [2.05, 4.69) is 5.32 Å². The lowest BCUT2D eigenvalue weighted by Crippen LogP contribution is -2.42. The molecule has 0 fully saturated rings. The van der Waals surface area contributed by atoms with Crippen molar-refractivity contribution < 1.29 is 14.7 Å². The summed E-state index contributed by atoms with van der Waals surface area (Å²) in [4.78, 5) is 22.6. The Hall–Kier alpha value is -1.88. The van der Waals surface area contributed by atoms with Crippen molar-refractivity contribution in [2.45, 2.75) is 25.3 Å². The van der Waals surface area contributed by atoms with Crippen LogP contribution in [0, 0.1) is 0 Å². The van der Waals surface area contributed by atoms with E-state index in [1.54, 1.807) is 0 Å². The fourth-order valence-electron chi connectivity index (χ4n) is 1.58. The van der Waals surface area contributed by atoms with Gasteiger partial charge in [-0.2, -0.15) is 0 Å². The van der Waals surface area contributed by atoms with E-state index in [0.29, 0.717) is 13.0 Å². The predicted octanol–water partition coefficient (Wildman–Crippen LogP) is 0.537. The van der Waals surface area contributed by atoms with Gasteiger partial charge in [0.05, 0.1) is 0 Å². The van der Waals surface area contributed by atoms with E-state index < -0.39 is 12.0 Å². The van der Waals surface area contributed by atoms with Gasteiger partial charge in [0, 0.05) is 12.8 Å². The molecule has 0 aromatic heterocycles. The minimum absolute atomic E-state index is 0.259. The van der Waals surface area contributed by atoms with Crippen LogP contribution in [0.5, 0.6) is 0 Å². The standard InChI is InChI=1S/C13H18N2O3/c14-8-4-7-12(16)15-11(13(17)18)9-10-5-2-1-3-6-10/h1-3,5-6,11H,4,7-9,14H2,(H,15,16)(H,17,18)/t11-/m1/s1. The van der Waals surface area contributed by atoms with Crippen LogP contribution in [0.15, 0.2) is 30.3 Å². The number of rotatable bonds is 7. The third-order valence-electron chi connectivity index (χ3n) is 2.52. The lowest BCUT2D eigenvalue weighted by atomic mass is 10.1. The highest BCUT2D eigenvalue weighted by Crippen LogP contribution is 2.04. The molecule has 0 saturated heterocycles. The van der Waals surface area contributed by atoms with Gasteiger partial charge in [-0.05, 0) is 18.5 Å². The van der Waals surface area contributed by atoms with Crippen molar-refractivity contribution in [3.63, 3.8) is 0 Å². The molecular weight excluding hydrogens is 232 g/mol. The number of aliphatic carboxylic acids is 1. The van der Waals surface area contributed by atoms with Crippen LogP contribution in [0.1, 0.15) is 18.4 Å². The summed E-state index contributed by atoms with van der Waals surface area (Å²) in [6.45, 7) is 0.420. The molecule has 0 bridgehead atoms. The van der Waals surface area contributed by atoms with Gasteiger partial charge in [-0.15, -0.1) is 0 Å². The zero-order valence-corrected chi connectivity index (χ0v) is 10.1. The topological polar surface area (TPSA) is 92.4 Å². The van der Waals surface area contributed by atoms with E-state index in [9.17, 15) is 9.59 Å². The number of carbonyl (C=O) groups is 2. The van der Waals surface area contributed by atoms with Gasteiger partial charge in [-0.25, -0.2) is 4.79 Å². The number of amides is 1. The number of nitrogens with two attached hydrogens (primary N) is 1. The van der Waals surface area contributed by atoms with Crippen molar-refractivity contribution >= 4 is 11.9 Å². The van der Waals surface area contributed by atoms with Crippen LogP contribution in [-0.4, -0.2) is 29.6 Å². The monoisotopic (exact) mass is 250 g/mol. The molecule has 5 nitrogen and oxygen atoms in total. The van der Waals surface area contributed by atoms with Crippen LogP contribution in [0.3, 0.4) is 0 Å². The molecule has 0 aliphatic carbocycles. The van der Waals surface area contributed by atoms with Crippen LogP contribution in [0.2, 0.25) is 0 Å². The van der Waals surface area contributed by atoms with Gasteiger partial charge in [0.1, 0.15) is 6.04 Å². The molecule has 0 radical (unpaired) electrons. The van der Waals surface area contributed by atoms with E-state index in [1.807, 2.05) is 30.3 Å². The van der Waals surface area contributed by atoms with Crippen molar-refractivity contribution in [3.05, 3.63) is 35.9 Å². The summed E-state index contributed by atoms with van der Waals surface area (Å²) in [5.74, 6) is -1.30. The zero-order valence-electron chi connectivity index (χ0n) is 10.1. The third kappa shape index (κ3) is 4.97. The lowest BCUT2D eigenvalue weighted by molar-refractivity contribution is -0.141. The number of nitrogens with one attached hydrogen (secondary N) is 1. The molecule has 1 aromatic rings. The minimum atomic E-state index is -1.03. The van der Waals surface area contributed by atoms with E-state index in [-0.39, 0.29) is 18.7 Å². The molecule has 0 saturated carbocycles. The maximum Gasteiger partial charge on any atom is 0.326 e. The van der Waals surface area contributed by atoms with Gasteiger partial charge in [-0.1, -0.05) is 30.3 Å². The van der Waals surface area contributed by atoms with Gasteiger partial charge in [0.25, 0.3) is 0 Å². The summed E-state index contributed by atoms with van der Waals surface area (Å²) in [6, 6.07) is 8.32. The quantitative estimate of drug-likeness (QED) is 0.658. The van der Waals surface area contributed by atoms with Crippen LogP contribution >= 0.6 is 0 Å². The van der Waals surface area contributed by atoms with Crippen LogP contribution < -0.4 is 11.1 Å². The Labute approximate surface area is 106 Å². The summed E-state index contributed by atoms with van der Waals surface area (Å²) in [5, 5.41) is 11.6. The van der Waals surface area contributed by atoms with Crippen LogP contribution in [0.4, 0.5) is 0 Å². The van der Waals surface area contributed by atoms with E-state index in [4.69, 9.17) is 10.8 Å². The number of carboxylic acids is 1. The molecule has 1 aromatic carbocycles. The largest absolute Gasteiger partial charge is 0.480 e. The van der Waals surface area contributed by atoms with E-state index in [1.165, 1.54) is 0 Å². The van der Waals surface area contributed by atoms with Crippen molar-refractivity contribution in [1.29, 1.82) is 0 Å². The molecule has 1 rings (SSSR count). The Kier molecular flexibility index (Phi) is 5.87. The van der Waals surface area contributed by atoms with Crippen molar-refractivity contribution in [2.24, 2.45) is 5.73 Å². The minimum Gasteiger partial charge on any atom is -0.480 e. The lowest BCUT2D eigenvalue weighted by Gasteiger charge is -2.14. The Balaban J connectivity index is 2.55. The molecule has 0 heterocycles. The molecule has 18 heavy (non-hydrogen) atoms. The second-order valence-electron chi connectivity index (χ2n) is 4.04. The van der Waals surface area contributed by atoms with E-state index >= 15 is 0 Å². The third-order valence-corrected chi connectivity index (χ3v) is 2.52. The molecule has 0 aliphatic heterocycles. The number of hydrogen-bond acceptors (Lipinski definition) is 3. The SMILES string of the molecule is NCCCC(=O)N[C@H](Cc1ccccc1)C(=O)O. The van der Waals surface area contributed by atoms with E-state index in [0.717, 1.165) is 5.56 Å². The van der Waals surface area contributed by atoms with Gasteiger partial charge in [0.15, 0.2) is 0 Å². The molecule has 98 valence electrons. The Bertz CT molecular complexity index is 392. The fourth-order valence-corrected chi connectivity index (χ4v) is 1.58. The highest BCUT2D eigenvalue weighted by Gasteiger charge is 2.19. The van der Waals surface area contributed by atoms with Gasteiger partial charge in [0.2, 0.25) is 5.91 Å². The maximum atomic E-state index is 11.5. The second kappa shape index (κ2) is 7.45. The first kappa shape index (κ1) is 14.2. The van der Waals surface area contributed by atoms with Gasteiger partial charge >= 0.3 is 5.97 Å². The molecular formula is C13H18N2O3. The first-order valence-corrected chi connectivity index (χ1v) is 5.89. The van der Waals surface area contributed by atoms with Crippen LogP contribution in [0.25, 0.3) is 0 Å². The number of carbonyl (C=O) groups excluding carboxylic acids is 1. The van der Waals surface area contributed by atoms with Crippen LogP contribution in [-0.2, 0) is 16.0 Å². The fraction of sp³-hybridized carbons (Fsp3) is 0.385. The first-order valence-electron chi connectivity index (χ1n) is 5.89. The smallest absolute Gasteiger partial charge is 0.326 e. The first-order chi connectivity index (χ1) is 8.63. The Morgan fingerprint density at radius 2 is 1.94 bits per heavy atom. The summed E-state index contributed by atoms with van der Waals surface area (Å²) in [5.41, 5.74) is 6.17. The Morgan fingerprint density at radius 3 is 2.50 bits per heavy atom. The number of hydrogen-bond donors (Lipinski definition) is 3. The summed E-state index contributed by atoms with van der Waals surface area (Å²) >= 11 is 0. The number of carboxylic acid groups (broad SMARTS) is 1. The molecule has 5 heteroatoms. The highest BCUT2D eigenvalue weighted by atomic mass is 16.4. The second-order valence-corrected chi connectivity index (χ2v) is 4.04. The average molecular weight is 250 g/mol. The number of benzene rings is 1. The molecule has 0 unspecified atom stereocenters. The van der Waals surface area contributed by atoms with Crippen molar-refractivity contribution in [2.75, 3.05) is 6.54 Å². The van der Waals surface area contributed by atoms with Crippen molar-refractivity contribution in [3.8, 4) is 0 Å². The Morgan fingerprint density at radius 1 is 1.28 bits per heavy atom. The average Bonchev–Trinajstić information content (AvgIpc) is 2.36. The molecule has 0 spiro atoms. The summed E-state index contributed by atoms with van der Waals surface area (Å²) < 4.78 is 0. The van der Waals surface area contributed by atoms with Crippen molar-refractivity contribution in [1.82, 2.24) is 5.32 Å². The van der Waals surface area contributed by atoms with Gasteiger partial charge < -0.3 is 16.2 Å². The summed E-state index contributed by atoms with van der Waals surface area (Å²) in [7, 11) is 0. The summed E-state index contributed by atoms with van der Waals surface area (Å²) in [6.07, 6.45) is 1.10. The maximum absolute atomic E-state index is 11.5. The molecule has 4 N–H and O–H groups in total. The zero-order chi connectivity index (χ0) is 13.4. The normalized spacial score (nSPS) is 11.8. The predicted molar refractivity (Wildman–Crippen MR) is 68.0 cm³/mol. The highest BCUT2D eigenvalue weighted by molar-refractivity contribution is 5.83. The molecule has 1 amide bonds. The molecule has 1 atom stereocenters.